The summed E-state index contributed by atoms with van der Waals surface area (Å²) in [6, 6.07) is 18.5. The standard InChI is InChI=1S/C23H18ClF3N2O2S/c1-14(30)28-17-8-10-18(11-9-17)32-21(15-5-3-2-4-6-15)22(31)29-20-13-16(23(25,26)27)7-12-19(20)24/h2-13,21H,1H3,(H,28,30)(H,29,31). The summed E-state index contributed by atoms with van der Waals surface area (Å²) in [5.74, 6) is -0.724. The van der Waals surface area contributed by atoms with Crippen molar-refractivity contribution >= 4 is 46.6 Å². The lowest BCUT2D eigenvalue weighted by Gasteiger charge is -2.18. The molecule has 1 unspecified atom stereocenters. The van der Waals surface area contributed by atoms with Crippen molar-refractivity contribution in [3.05, 3.63) is 88.9 Å². The van der Waals surface area contributed by atoms with Gasteiger partial charge in [0.15, 0.2) is 0 Å². The van der Waals surface area contributed by atoms with E-state index in [1.807, 2.05) is 0 Å². The number of alkyl halides is 3. The molecule has 0 aromatic heterocycles. The molecular weight excluding hydrogens is 461 g/mol. The monoisotopic (exact) mass is 478 g/mol. The number of anilines is 2. The zero-order valence-corrected chi connectivity index (χ0v) is 18.3. The van der Waals surface area contributed by atoms with E-state index in [1.54, 1.807) is 54.6 Å². The maximum Gasteiger partial charge on any atom is 0.416 e. The van der Waals surface area contributed by atoms with Crippen LogP contribution in [-0.2, 0) is 15.8 Å². The molecule has 2 amide bonds. The van der Waals surface area contributed by atoms with Crippen LogP contribution in [0.1, 0.15) is 23.3 Å². The summed E-state index contributed by atoms with van der Waals surface area (Å²) < 4.78 is 39.2. The Morgan fingerprint density at radius 3 is 2.19 bits per heavy atom. The molecule has 0 spiro atoms. The number of halogens is 4. The fraction of sp³-hybridized carbons (Fsp3) is 0.130. The summed E-state index contributed by atoms with van der Waals surface area (Å²) in [7, 11) is 0. The first-order chi connectivity index (χ1) is 15.1. The molecule has 166 valence electrons. The fourth-order valence-corrected chi connectivity index (χ4v) is 4.04. The van der Waals surface area contributed by atoms with Gasteiger partial charge < -0.3 is 10.6 Å². The van der Waals surface area contributed by atoms with E-state index in [-0.39, 0.29) is 16.6 Å². The third-order valence-corrected chi connectivity index (χ3v) is 5.92. The second-order valence-electron chi connectivity index (χ2n) is 6.80. The molecular formula is C23H18ClF3N2O2S. The van der Waals surface area contributed by atoms with Crippen molar-refractivity contribution in [2.45, 2.75) is 23.2 Å². The summed E-state index contributed by atoms with van der Waals surface area (Å²) in [6.45, 7) is 1.40. The van der Waals surface area contributed by atoms with Crippen LogP contribution in [0.15, 0.2) is 77.7 Å². The van der Waals surface area contributed by atoms with Crippen LogP contribution in [0.2, 0.25) is 5.02 Å². The minimum absolute atomic E-state index is 0.00261. The van der Waals surface area contributed by atoms with Crippen molar-refractivity contribution in [3.8, 4) is 0 Å². The molecule has 0 radical (unpaired) electrons. The van der Waals surface area contributed by atoms with Gasteiger partial charge in [-0.15, -0.1) is 11.8 Å². The summed E-state index contributed by atoms with van der Waals surface area (Å²) in [5, 5.41) is 4.44. The topological polar surface area (TPSA) is 58.2 Å². The number of carbonyl (C=O) groups excluding carboxylic acids is 2. The highest BCUT2D eigenvalue weighted by Gasteiger charge is 2.31. The predicted octanol–water partition coefficient (Wildman–Crippen LogP) is 6.79. The van der Waals surface area contributed by atoms with Gasteiger partial charge in [-0.3, -0.25) is 9.59 Å². The van der Waals surface area contributed by atoms with Crippen molar-refractivity contribution < 1.29 is 22.8 Å². The third kappa shape index (κ3) is 6.27. The van der Waals surface area contributed by atoms with Crippen molar-refractivity contribution in [2.75, 3.05) is 10.6 Å². The molecule has 0 aliphatic carbocycles. The number of carbonyl (C=O) groups is 2. The molecule has 0 fully saturated rings. The van der Waals surface area contributed by atoms with Gasteiger partial charge in [0.2, 0.25) is 11.8 Å². The van der Waals surface area contributed by atoms with Crippen LogP contribution < -0.4 is 10.6 Å². The Kier molecular flexibility index (Phi) is 7.48. The molecule has 1 atom stereocenters. The second-order valence-corrected chi connectivity index (χ2v) is 8.38. The van der Waals surface area contributed by atoms with Crippen LogP contribution in [0.4, 0.5) is 24.5 Å². The van der Waals surface area contributed by atoms with Gasteiger partial charge in [-0.05, 0) is 48.0 Å². The van der Waals surface area contributed by atoms with Crippen molar-refractivity contribution in [2.24, 2.45) is 0 Å². The number of hydrogen-bond acceptors (Lipinski definition) is 3. The Hall–Kier alpha value is -2.97. The molecule has 32 heavy (non-hydrogen) atoms. The lowest BCUT2D eigenvalue weighted by molar-refractivity contribution is -0.137. The first-order valence-electron chi connectivity index (χ1n) is 9.40. The molecule has 9 heteroatoms. The number of hydrogen-bond donors (Lipinski definition) is 2. The summed E-state index contributed by atoms with van der Waals surface area (Å²) >= 11 is 7.26. The number of nitrogens with one attached hydrogen (secondary N) is 2. The Balaban J connectivity index is 1.87. The Labute approximate surface area is 192 Å². The van der Waals surface area contributed by atoms with Gasteiger partial charge in [0.25, 0.3) is 0 Å². The molecule has 0 aliphatic rings. The molecule has 0 saturated carbocycles. The number of thioether (sulfide) groups is 1. The normalized spacial score (nSPS) is 12.2. The van der Waals surface area contributed by atoms with E-state index in [4.69, 9.17) is 11.6 Å². The quantitative estimate of drug-likeness (QED) is 0.383. The smallest absolute Gasteiger partial charge is 0.326 e. The van der Waals surface area contributed by atoms with E-state index in [1.165, 1.54) is 18.7 Å². The number of rotatable bonds is 6. The average Bonchev–Trinajstić information content (AvgIpc) is 2.74. The highest BCUT2D eigenvalue weighted by Crippen LogP contribution is 2.38. The maximum absolute atomic E-state index is 13.1. The molecule has 0 saturated heterocycles. The molecule has 3 aromatic rings. The summed E-state index contributed by atoms with van der Waals surface area (Å²) in [4.78, 5) is 25.0. The zero-order chi connectivity index (χ0) is 23.3. The van der Waals surface area contributed by atoms with Crippen LogP contribution in [0, 0.1) is 0 Å². The molecule has 0 bridgehead atoms. The Bertz CT molecular complexity index is 1110. The van der Waals surface area contributed by atoms with E-state index < -0.39 is 22.9 Å². The molecule has 0 heterocycles. The first-order valence-corrected chi connectivity index (χ1v) is 10.7. The highest BCUT2D eigenvalue weighted by molar-refractivity contribution is 8.00. The fourth-order valence-electron chi connectivity index (χ4n) is 2.85. The Morgan fingerprint density at radius 1 is 0.938 bits per heavy atom. The van der Waals surface area contributed by atoms with E-state index >= 15 is 0 Å². The van der Waals surface area contributed by atoms with Crippen LogP contribution >= 0.6 is 23.4 Å². The predicted molar refractivity (Wildman–Crippen MR) is 121 cm³/mol. The minimum Gasteiger partial charge on any atom is -0.326 e. The molecule has 0 aliphatic heterocycles. The van der Waals surface area contributed by atoms with Crippen LogP contribution in [0.5, 0.6) is 0 Å². The van der Waals surface area contributed by atoms with Crippen molar-refractivity contribution in [3.63, 3.8) is 0 Å². The van der Waals surface area contributed by atoms with Crippen molar-refractivity contribution in [1.82, 2.24) is 0 Å². The van der Waals surface area contributed by atoms with Crippen molar-refractivity contribution in [1.29, 1.82) is 0 Å². The summed E-state index contributed by atoms with van der Waals surface area (Å²) in [6.07, 6.45) is -4.56. The number of benzene rings is 3. The number of amides is 2. The highest BCUT2D eigenvalue weighted by atomic mass is 35.5. The first kappa shape index (κ1) is 23.7. The summed E-state index contributed by atoms with van der Waals surface area (Å²) in [5.41, 5.74) is 0.256. The molecule has 4 nitrogen and oxygen atoms in total. The molecule has 3 aromatic carbocycles. The molecule has 2 N–H and O–H groups in total. The van der Waals surface area contributed by atoms with Gasteiger partial charge in [-0.1, -0.05) is 41.9 Å². The zero-order valence-electron chi connectivity index (χ0n) is 16.7. The lowest BCUT2D eigenvalue weighted by atomic mass is 10.1. The van der Waals surface area contributed by atoms with Crippen LogP contribution in [0.3, 0.4) is 0 Å². The van der Waals surface area contributed by atoms with Gasteiger partial charge in [0.1, 0.15) is 5.25 Å². The van der Waals surface area contributed by atoms with Gasteiger partial charge in [-0.25, -0.2) is 0 Å². The molecule has 3 rings (SSSR count). The van der Waals surface area contributed by atoms with Gasteiger partial charge in [0.05, 0.1) is 16.3 Å². The maximum atomic E-state index is 13.1. The van der Waals surface area contributed by atoms with Gasteiger partial charge >= 0.3 is 6.18 Å². The SMILES string of the molecule is CC(=O)Nc1ccc(SC(C(=O)Nc2cc(C(F)(F)F)ccc2Cl)c2ccccc2)cc1. The van der Waals surface area contributed by atoms with E-state index in [9.17, 15) is 22.8 Å². The average molecular weight is 479 g/mol. The van der Waals surface area contributed by atoms with Crippen LogP contribution in [-0.4, -0.2) is 11.8 Å². The van der Waals surface area contributed by atoms with Gasteiger partial charge in [-0.2, -0.15) is 13.2 Å². The Morgan fingerprint density at radius 2 is 1.59 bits per heavy atom. The van der Waals surface area contributed by atoms with E-state index in [0.717, 1.165) is 23.1 Å². The minimum atomic E-state index is -4.56. The lowest BCUT2D eigenvalue weighted by Crippen LogP contribution is -2.19. The van der Waals surface area contributed by atoms with E-state index in [0.29, 0.717) is 11.3 Å². The van der Waals surface area contributed by atoms with Crippen LogP contribution in [0.25, 0.3) is 0 Å². The largest absolute Gasteiger partial charge is 0.416 e. The third-order valence-electron chi connectivity index (χ3n) is 4.32. The van der Waals surface area contributed by atoms with Gasteiger partial charge in [0, 0.05) is 17.5 Å². The second kappa shape index (κ2) is 10.1. The van der Waals surface area contributed by atoms with E-state index in [2.05, 4.69) is 10.6 Å².